The lowest BCUT2D eigenvalue weighted by Crippen LogP contribution is -2.15. The predicted octanol–water partition coefficient (Wildman–Crippen LogP) is 3.18. The van der Waals surface area contributed by atoms with Gasteiger partial charge in [0.05, 0.1) is 5.69 Å². The molecule has 0 saturated heterocycles. The second-order valence-electron chi connectivity index (χ2n) is 4.69. The number of thioether (sulfide) groups is 1. The fourth-order valence-electron chi connectivity index (χ4n) is 1.60. The van der Waals surface area contributed by atoms with Gasteiger partial charge in [-0.3, -0.25) is 0 Å². The van der Waals surface area contributed by atoms with Crippen molar-refractivity contribution in [2.24, 2.45) is 5.92 Å². The number of rotatable bonds is 6. The normalized spacial score (nSPS) is 13.1. The zero-order valence-electron chi connectivity index (χ0n) is 10.9. The summed E-state index contributed by atoms with van der Waals surface area (Å²) in [5.74, 6) is 2.76. The van der Waals surface area contributed by atoms with Gasteiger partial charge in [0.1, 0.15) is 0 Å². The van der Waals surface area contributed by atoms with Gasteiger partial charge in [0, 0.05) is 24.5 Å². The first-order valence-electron chi connectivity index (χ1n) is 5.82. The topological polar surface area (TPSA) is 29.9 Å². The third-order valence-electron chi connectivity index (χ3n) is 2.40. The molecule has 1 atom stereocenters. The summed E-state index contributed by atoms with van der Waals surface area (Å²) < 4.78 is 2.24. The van der Waals surface area contributed by atoms with E-state index >= 15 is 0 Å². The summed E-state index contributed by atoms with van der Waals surface area (Å²) in [7, 11) is 0. The SMILES string of the molecule is CSCC(C)n1cc(C)nc1NCC(C)C. The molecule has 1 heterocycles. The molecule has 1 N–H and O–H groups in total. The molecule has 0 aliphatic rings. The summed E-state index contributed by atoms with van der Waals surface area (Å²) >= 11 is 1.87. The Kier molecular flexibility index (Phi) is 5.19. The fraction of sp³-hybridized carbons (Fsp3) is 0.750. The van der Waals surface area contributed by atoms with E-state index in [-0.39, 0.29) is 0 Å². The molecule has 4 heteroatoms. The van der Waals surface area contributed by atoms with Crippen molar-refractivity contribution in [1.82, 2.24) is 9.55 Å². The lowest BCUT2D eigenvalue weighted by molar-refractivity contribution is 0.605. The van der Waals surface area contributed by atoms with Crippen LogP contribution in [0.15, 0.2) is 6.20 Å². The molecule has 0 fully saturated rings. The van der Waals surface area contributed by atoms with Gasteiger partial charge in [-0.25, -0.2) is 4.98 Å². The maximum absolute atomic E-state index is 4.53. The summed E-state index contributed by atoms with van der Waals surface area (Å²) in [5.41, 5.74) is 1.08. The maximum Gasteiger partial charge on any atom is 0.203 e. The number of hydrogen-bond acceptors (Lipinski definition) is 3. The van der Waals surface area contributed by atoms with Crippen LogP contribution in [0.2, 0.25) is 0 Å². The van der Waals surface area contributed by atoms with E-state index in [1.54, 1.807) is 0 Å². The second-order valence-corrected chi connectivity index (χ2v) is 5.60. The Bertz CT molecular complexity index is 320. The fourth-order valence-corrected chi connectivity index (χ4v) is 2.24. The van der Waals surface area contributed by atoms with Crippen LogP contribution >= 0.6 is 11.8 Å². The van der Waals surface area contributed by atoms with Crippen molar-refractivity contribution in [1.29, 1.82) is 0 Å². The molecule has 0 aliphatic heterocycles. The maximum atomic E-state index is 4.53. The standard InChI is InChI=1S/C12H23N3S/c1-9(2)6-13-12-14-10(3)7-15(12)11(4)8-16-5/h7,9,11H,6,8H2,1-5H3,(H,13,14). The molecule has 16 heavy (non-hydrogen) atoms. The van der Waals surface area contributed by atoms with E-state index in [4.69, 9.17) is 0 Å². The molecule has 0 bridgehead atoms. The molecule has 0 amide bonds. The summed E-state index contributed by atoms with van der Waals surface area (Å²) in [6, 6.07) is 0.492. The summed E-state index contributed by atoms with van der Waals surface area (Å²) in [6.45, 7) is 9.67. The van der Waals surface area contributed by atoms with Crippen LogP contribution in [0.25, 0.3) is 0 Å². The average Bonchev–Trinajstić information content (AvgIpc) is 2.57. The summed E-state index contributed by atoms with van der Waals surface area (Å²) in [5, 5.41) is 3.42. The van der Waals surface area contributed by atoms with Crippen molar-refractivity contribution in [3.63, 3.8) is 0 Å². The van der Waals surface area contributed by atoms with E-state index in [9.17, 15) is 0 Å². The van der Waals surface area contributed by atoms with Crippen LogP contribution < -0.4 is 5.32 Å². The molecular formula is C12H23N3S. The number of nitrogens with zero attached hydrogens (tertiary/aromatic N) is 2. The first kappa shape index (κ1) is 13.4. The van der Waals surface area contributed by atoms with Crippen LogP contribution in [0.1, 0.15) is 32.5 Å². The predicted molar refractivity (Wildman–Crippen MR) is 73.4 cm³/mol. The Morgan fingerprint density at radius 3 is 2.69 bits per heavy atom. The number of imidazole rings is 1. The Balaban J connectivity index is 2.74. The number of aromatic nitrogens is 2. The molecule has 1 aromatic rings. The first-order valence-corrected chi connectivity index (χ1v) is 7.22. The highest BCUT2D eigenvalue weighted by atomic mass is 32.2. The largest absolute Gasteiger partial charge is 0.355 e. The van der Waals surface area contributed by atoms with Gasteiger partial charge in [-0.15, -0.1) is 0 Å². The monoisotopic (exact) mass is 241 g/mol. The van der Waals surface area contributed by atoms with Gasteiger partial charge in [-0.05, 0) is 26.0 Å². The quantitative estimate of drug-likeness (QED) is 0.829. The number of nitrogens with one attached hydrogen (secondary N) is 1. The number of hydrogen-bond donors (Lipinski definition) is 1. The zero-order valence-corrected chi connectivity index (χ0v) is 11.8. The average molecular weight is 241 g/mol. The van der Waals surface area contributed by atoms with Gasteiger partial charge in [0.2, 0.25) is 5.95 Å². The minimum Gasteiger partial charge on any atom is -0.355 e. The van der Waals surface area contributed by atoms with Crippen molar-refractivity contribution in [2.75, 3.05) is 23.9 Å². The van der Waals surface area contributed by atoms with Crippen LogP contribution in [-0.2, 0) is 0 Å². The van der Waals surface area contributed by atoms with Crippen LogP contribution in [0.4, 0.5) is 5.95 Å². The third kappa shape index (κ3) is 3.74. The van der Waals surface area contributed by atoms with Crippen molar-refractivity contribution in [3.05, 3.63) is 11.9 Å². The Morgan fingerprint density at radius 1 is 1.44 bits per heavy atom. The Labute approximate surface area is 103 Å². The molecule has 3 nitrogen and oxygen atoms in total. The Morgan fingerprint density at radius 2 is 2.12 bits per heavy atom. The molecule has 1 unspecified atom stereocenters. The van der Waals surface area contributed by atoms with E-state index < -0.39 is 0 Å². The van der Waals surface area contributed by atoms with Gasteiger partial charge in [-0.2, -0.15) is 11.8 Å². The zero-order chi connectivity index (χ0) is 12.1. The van der Waals surface area contributed by atoms with Gasteiger partial charge < -0.3 is 9.88 Å². The van der Waals surface area contributed by atoms with Crippen LogP contribution in [0, 0.1) is 12.8 Å². The van der Waals surface area contributed by atoms with E-state index in [1.165, 1.54) is 0 Å². The molecule has 0 aromatic carbocycles. The van der Waals surface area contributed by atoms with E-state index in [2.05, 4.69) is 48.1 Å². The first-order chi connectivity index (χ1) is 7.54. The second kappa shape index (κ2) is 6.18. The van der Waals surface area contributed by atoms with Gasteiger partial charge >= 0.3 is 0 Å². The minimum atomic E-state index is 0.492. The third-order valence-corrected chi connectivity index (χ3v) is 3.22. The molecule has 0 spiro atoms. The van der Waals surface area contributed by atoms with Crippen molar-refractivity contribution >= 4 is 17.7 Å². The van der Waals surface area contributed by atoms with Crippen molar-refractivity contribution in [2.45, 2.75) is 33.7 Å². The number of aryl methyl sites for hydroxylation is 1. The van der Waals surface area contributed by atoms with E-state index in [0.29, 0.717) is 12.0 Å². The molecule has 1 rings (SSSR count). The van der Waals surface area contributed by atoms with Gasteiger partial charge in [0.15, 0.2) is 0 Å². The highest BCUT2D eigenvalue weighted by Crippen LogP contribution is 2.19. The highest BCUT2D eigenvalue weighted by molar-refractivity contribution is 7.98. The van der Waals surface area contributed by atoms with Gasteiger partial charge in [0.25, 0.3) is 0 Å². The van der Waals surface area contributed by atoms with E-state index in [0.717, 1.165) is 23.9 Å². The highest BCUT2D eigenvalue weighted by Gasteiger charge is 2.11. The molecule has 0 aliphatic carbocycles. The molecule has 1 aromatic heterocycles. The summed E-state index contributed by atoms with van der Waals surface area (Å²) in [6.07, 6.45) is 4.27. The molecular weight excluding hydrogens is 218 g/mol. The van der Waals surface area contributed by atoms with Crippen LogP contribution in [-0.4, -0.2) is 28.1 Å². The lowest BCUT2D eigenvalue weighted by Gasteiger charge is -2.16. The Hall–Kier alpha value is -0.640. The molecule has 92 valence electrons. The molecule has 0 saturated carbocycles. The minimum absolute atomic E-state index is 0.492. The smallest absolute Gasteiger partial charge is 0.203 e. The lowest BCUT2D eigenvalue weighted by atomic mass is 10.2. The van der Waals surface area contributed by atoms with E-state index in [1.807, 2.05) is 18.7 Å². The number of anilines is 1. The van der Waals surface area contributed by atoms with Crippen molar-refractivity contribution < 1.29 is 0 Å². The van der Waals surface area contributed by atoms with Crippen LogP contribution in [0.5, 0.6) is 0 Å². The molecule has 0 radical (unpaired) electrons. The van der Waals surface area contributed by atoms with Gasteiger partial charge in [-0.1, -0.05) is 13.8 Å². The van der Waals surface area contributed by atoms with Crippen LogP contribution in [0.3, 0.4) is 0 Å². The summed E-state index contributed by atoms with van der Waals surface area (Å²) in [4.78, 5) is 4.53. The van der Waals surface area contributed by atoms with Crippen molar-refractivity contribution in [3.8, 4) is 0 Å².